The van der Waals surface area contributed by atoms with Crippen LogP contribution < -0.4 is 15.5 Å². The highest BCUT2D eigenvalue weighted by Crippen LogP contribution is 2.51. The Morgan fingerprint density at radius 3 is 2.10 bits per heavy atom. The lowest BCUT2D eigenvalue weighted by Crippen LogP contribution is -2.46. The number of anilines is 1. The highest BCUT2D eigenvalue weighted by atomic mass is 35.5. The van der Waals surface area contributed by atoms with E-state index in [0.29, 0.717) is 6.54 Å². The normalized spacial score (nSPS) is 10.1. The van der Waals surface area contributed by atoms with Gasteiger partial charge in [-0.3, -0.25) is 15.6 Å². The number of halogens is 2. The van der Waals surface area contributed by atoms with Gasteiger partial charge in [0.25, 0.3) is 0 Å². The molecule has 21 heavy (non-hydrogen) atoms. The van der Waals surface area contributed by atoms with Gasteiger partial charge in [0.2, 0.25) is 5.75 Å². The van der Waals surface area contributed by atoms with Gasteiger partial charge in [0.05, 0.1) is 5.69 Å². The Morgan fingerprint density at radius 1 is 1.19 bits per heavy atom. The van der Waals surface area contributed by atoms with Gasteiger partial charge in [-0.1, -0.05) is 23.2 Å². The van der Waals surface area contributed by atoms with Crippen molar-refractivity contribution in [3.8, 4) is 17.2 Å². The first-order valence-electron chi connectivity index (χ1n) is 5.71. The molecule has 1 rings (SSSR count). The van der Waals surface area contributed by atoms with Crippen LogP contribution in [0.2, 0.25) is 10.0 Å². The lowest BCUT2D eigenvalue weighted by atomic mass is 10.2. The van der Waals surface area contributed by atoms with Gasteiger partial charge in [0, 0.05) is 13.6 Å². The van der Waals surface area contributed by atoms with Crippen molar-refractivity contribution in [2.24, 2.45) is 0 Å². The quantitative estimate of drug-likeness (QED) is 0.278. The van der Waals surface area contributed by atoms with Crippen molar-refractivity contribution in [1.82, 2.24) is 10.6 Å². The summed E-state index contributed by atoms with van der Waals surface area (Å²) in [5.74, 6) is -2.75. The number of hydrogen-bond acceptors (Lipinski definition) is 5. The number of rotatable bonds is 2. The van der Waals surface area contributed by atoms with Crippen LogP contribution in [0.4, 0.5) is 10.5 Å². The molecule has 0 unspecified atom stereocenters. The predicted molar refractivity (Wildman–Crippen MR) is 79.8 cm³/mol. The molecule has 10 heteroatoms. The summed E-state index contributed by atoms with van der Waals surface area (Å²) in [6.07, 6.45) is 0. The molecule has 0 heterocycles. The maximum atomic E-state index is 11.9. The van der Waals surface area contributed by atoms with Crippen LogP contribution in [0.25, 0.3) is 0 Å². The summed E-state index contributed by atoms with van der Waals surface area (Å²) in [4.78, 5) is 12.8. The van der Waals surface area contributed by atoms with E-state index < -0.39 is 33.3 Å². The van der Waals surface area contributed by atoms with Gasteiger partial charge in [0.1, 0.15) is 10.0 Å². The van der Waals surface area contributed by atoms with E-state index in [9.17, 15) is 20.1 Å². The highest BCUT2D eigenvalue weighted by molar-refractivity contribution is 6.42. The SMILES string of the molecule is CCNC(=N)NC(=O)N(C)c1c(Cl)c(O)c(O)c(O)c1Cl. The number of nitrogens with zero attached hydrogens (tertiary/aromatic N) is 1. The van der Waals surface area contributed by atoms with E-state index in [4.69, 9.17) is 28.6 Å². The number of phenols is 3. The number of phenolic OH excluding ortho intramolecular Hbond substituents is 3. The van der Waals surface area contributed by atoms with Crippen LogP contribution in [-0.4, -0.2) is 40.9 Å². The molecule has 0 aliphatic rings. The third kappa shape index (κ3) is 3.34. The Bertz CT molecular complexity index is 565. The van der Waals surface area contributed by atoms with Gasteiger partial charge in [0.15, 0.2) is 17.5 Å². The first kappa shape index (κ1) is 17.0. The molecule has 0 spiro atoms. The molecule has 0 aliphatic carbocycles. The number of hydrogen-bond donors (Lipinski definition) is 6. The summed E-state index contributed by atoms with van der Waals surface area (Å²) in [5, 5.41) is 39.9. The molecule has 0 saturated carbocycles. The number of guanidine groups is 1. The Labute approximate surface area is 130 Å². The molecule has 0 radical (unpaired) electrons. The van der Waals surface area contributed by atoms with Crippen molar-refractivity contribution in [1.29, 1.82) is 5.41 Å². The van der Waals surface area contributed by atoms with Crippen molar-refractivity contribution in [3.05, 3.63) is 10.0 Å². The smallest absolute Gasteiger partial charge is 0.328 e. The number of carbonyl (C=O) groups excluding carboxylic acids is 1. The van der Waals surface area contributed by atoms with Gasteiger partial charge < -0.3 is 20.6 Å². The number of nitrogens with one attached hydrogen (secondary N) is 3. The maximum Gasteiger partial charge on any atom is 0.328 e. The average Bonchev–Trinajstić information content (AvgIpc) is 2.43. The lowest BCUT2D eigenvalue weighted by Gasteiger charge is -2.22. The van der Waals surface area contributed by atoms with Gasteiger partial charge in [-0.2, -0.15) is 0 Å². The fourth-order valence-electron chi connectivity index (χ4n) is 1.45. The summed E-state index contributed by atoms with van der Waals surface area (Å²) in [7, 11) is 1.26. The Kier molecular flexibility index (Phi) is 5.34. The van der Waals surface area contributed by atoms with E-state index >= 15 is 0 Å². The molecule has 0 fully saturated rings. The Hall–Kier alpha value is -2.06. The zero-order valence-electron chi connectivity index (χ0n) is 11.2. The molecule has 2 amide bonds. The number of carbonyl (C=O) groups is 1. The minimum atomic E-state index is -0.886. The summed E-state index contributed by atoms with van der Waals surface area (Å²) in [6.45, 7) is 2.18. The summed E-state index contributed by atoms with van der Waals surface area (Å²) < 4.78 is 0. The summed E-state index contributed by atoms with van der Waals surface area (Å²) in [5.41, 5.74) is -0.215. The van der Waals surface area contributed by atoms with Gasteiger partial charge >= 0.3 is 6.03 Å². The average molecular weight is 337 g/mol. The number of amides is 2. The number of urea groups is 1. The second-order valence-corrected chi connectivity index (χ2v) is 4.67. The second kappa shape index (κ2) is 6.59. The molecular formula is C11H14Cl2N4O4. The molecule has 0 atom stereocenters. The molecular weight excluding hydrogens is 323 g/mol. The van der Waals surface area contributed by atoms with E-state index in [1.807, 2.05) is 0 Å². The lowest BCUT2D eigenvalue weighted by molar-refractivity contribution is 0.251. The molecule has 0 bridgehead atoms. The van der Waals surface area contributed by atoms with Crippen LogP contribution in [0.5, 0.6) is 17.2 Å². The first-order valence-corrected chi connectivity index (χ1v) is 6.46. The van der Waals surface area contributed by atoms with E-state index in [0.717, 1.165) is 4.90 Å². The van der Waals surface area contributed by atoms with Crippen LogP contribution in [0.15, 0.2) is 0 Å². The predicted octanol–water partition coefficient (Wildman–Crippen LogP) is 1.80. The van der Waals surface area contributed by atoms with E-state index in [1.165, 1.54) is 7.05 Å². The first-order chi connectivity index (χ1) is 9.72. The fraction of sp³-hybridized carbons (Fsp3) is 0.273. The van der Waals surface area contributed by atoms with Crippen LogP contribution >= 0.6 is 23.2 Å². The second-order valence-electron chi connectivity index (χ2n) is 3.92. The molecule has 8 nitrogen and oxygen atoms in total. The third-order valence-corrected chi connectivity index (χ3v) is 3.22. The zero-order valence-corrected chi connectivity index (χ0v) is 12.7. The minimum Gasteiger partial charge on any atom is -0.503 e. The molecule has 0 aromatic heterocycles. The van der Waals surface area contributed by atoms with E-state index in [-0.39, 0.29) is 11.6 Å². The van der Waals surface area contributed by atoms with Crippen LogP contribution in [-0.2, 0) is 0 Å². The molecule has 0 saturated heterocycles. The standard InChI is InChI=1S/C11H14Cl2N4O4/c1-3-15-10(14)16-11(21)17(2)6-4(12)7(18)9(20)8(19)5(6)13/h18-20H,3H2,1-2H3,(H3,14,15,16,21). The van der Waals surface area contributed by atoms with Crippen LogP contribution in [0, 0.1) is 5.41 Å². The van der Waals surface area contributed by atoms with E-state index in [1.54, 1.807) is 6.92 Å². The van der Waals surface area contributed by atoms with Crippen LogP contribution in [0.3, 0.4) is 0 Å². The van der Waals surface area contributed by atoms with Gasteiger partial charge in [-0.05, 0) is 6.92 Å². The zero-order chi connectivity index (χ0) is 16.3. The molecule has 0 aliphatic heterocycles. The van der Waals surface area contributed by atoms with Crippen molar-refractivity contribution in [2.75, 3.05) is 18.5 Å². The minimum absolute atomic E-state index is 0.215. The summed E-state index contributed by atoms with van der Waals surface area (Å²) in [6, 6.07) is -0.783. The molecule has 1 aromatic carbocycles. The van der Waals surface area contributed by atoms with Crippen molar-refractivity contribution >= 4 is 40.9 Å². The maximum absolute atomic E-state index is 11.9. The summed E-state index contributed by atoms with van der Waals surface area (Å²) >= 11 is 11.6. The van der Waals surface area contributed by atoms with Crippen molar-refractivity contribution < 1.29 is 20.1 Å². The number of aromatic hydroxyl groups is 3. The monoisotopic (exact) mass is 336 g/mol. The van der Waals surface area contributed by atoms with E-state index in [2.05, 4.69) is 10.6 Å². The molecule has 1 aromatic rings. The van der Waals surface area contributed by atoms with Crippen LogP contribution in [0.1, 0.15) is 6.92 Å². The molecule has 6 N–H and O–H groups in total. The van der Waals surface area contributed by atoms with Gasteiger partial charge in [-0.25, -0.2) is 4.79 Å². The van der Waals surface area contributed by atoms with Gasteiger partial charge in [-0.15, -0.1) is 0 Å². The largest absolute Gasteiger partial charge is 0.503 e. The highest BCUT2D eigenvalue weighted by Gasteiger charge is 2.26. The Balaban J connectivity index is 3.16. The Morgan fingerprint density at radius 2 is 1.67 bits per heavy atom. The number of benzene rings is 1. The van der Waals surface area contributed by atoms with Crippen molar-refractivity contribution in [3.63, 3.8) is 0 Å². The third-order valence-electron chi connectivity index (χ3n) is 2.51. The fourth-order valence-corrected chi connectivity index (χ4v) is 2.12. The topological polar surface area (TPSA) is 129 Å². The van der Waals surface area contributed by atoms with Crippen molar-refractivity contribution in [2.45, 2.75) is 6.92 Å². The molecule has 116 valence electrons.